The van der Waals surface area contributed by atoms with Crippen LogP contribution in [0.3, 0.4) is 0 Å². The van der Waals surface area contributed by atoms with Gasteiger partial charge in [-0.2, -0.15) is 0 Å². The van der Waals surface area contributed by atoms with E-state index in [-0.39, 0.29) is 23.9 Å². The fourth-order valence-corrected chi connectivity index (χ4v) is 4.89. The molecule has 1 aromatic heterocycles. The largest absolute Gasteiger partial charge is 0.498 e. The van der Waals surface area contributed by atoms with Crippen molar-refractivity contribution in [3.05, 3.63) is 12.4 Å². The molecule has 0 saturated carbocycles. The van der Waals surface area contributed by atoms with Crippen molar-refractivity contribution in [1.82, 2.24) is 20.2 Å². The maximum Gasteiger partial charge on any atom is 0.498 e. The van der Waals surface area contributed by atoms with Gasteiger partial charge in [-0.05, 0) is 81.1 Å². The zero-order chi connectivity index (χ0) is 29.3. The van der Waals surface area contributed by atoms with Crippen LogP contribution in [0.4, 0.5) is 10.7 Å². The number of hydrogen-bond acceptors (Lipinski definition) is 8. The average molecular weight is 546 g/mol. The van der Waals surface area contributed by atoms with Crippen molar-refractivity contribution in [1.29, 1.82) is 0 Å². The van der Waals surface area contributed by atoms with Crippen LogP contribution in [-0.2, 0) is 18.8 Å². The molecule has 3 heterocycles. The van der Waals surface area contributed by atoms with E-state index in [0.29, 0.717) is 19.0 Å². The minimum Gasteiger partial charge on any atom is -0.444 e. The molecule has 1 unspecified atom stereocenters. The monoisotopic (exact) mass is 545 g/mol. The molecule has 1 atom stereocenters. The lowest BCUT2D eigenvalue weighted by atomic mass is 9.81. The van der Waals surface area contributed by atoms with Gasteiger partial charge in [0, 0.05) is 43.0 Å². The summed E-state index contributed by atoms with van der Waals surface area (Å²) in [5, 5.41) is 2.78. The Morgan fingerprint density at radius 3 is 2.00 bits per heavy atom. The predicted molar refractivity (Wildman–Crippen MR) is 153 cm³/mol. The van der Waals surface area contributed by atoms with E-state index in [4.69, 9.17) is 24.0 Å². The van der Waals surface area contributed by atoms with Crippen molar-refractivity contribution in [3.63, 3.8) is 0 Å². The van der Waals surface area contributed by atoms with E-state index >= 15 is 0 Å². The van der Waals surface area contributed by atoms with Crippen LogP contribution < -0.4 is 15.7 Å². The third-order valence-electron chi connectivity index (χ3n) is 7.75. The zero-order valence-corrected chi connectivity index (χ0v) is 25.7. The lowest BCUT2D eigenvalue weighted by molar-refractivity contribution is -0.135. The smallest absolute Gasteiger partial charge is 0.444 e. The van der Waals surface area contributed by atoms with Crippen molar-refractivity contribution in [3.8, 4) is 0 Å². The van der Waals surface area contributed by atoms with Crippen LogP contribution in [0.15, 0.2) is 12.4 Å². The minimum atomic E-state index is -0.636. The quantitative estimate of drug-likeness (QED) is 0.519. The van der Waals surface area contributed by atoms with E-state index in [2.05, 4.69) is 24.1 Å². The average Bonchev–Trinajstić information content (AvgIpc) is 3.03. The number of aromatic nitrogens is 2. The highest BCUT2D eigenvalue weighted by molar-refractivity contribution is 6.61. The Hall–Kier alpha value is -2.40. The molecular formula is C28H48BN5O5. The number of carbonyl (C=O) groups excluding carboxylic acids is 2. The molecule has 10 nitrogen and oxygen atoms in total. The fourth-order valence-electron chi connectivity index (χ4n) is 4.89. The lowest BCUT2D eigenvalue weighted by Crippen LogP contribution is -2.56. The molecule has 1 aromatic rings. The second kappa shape index (κ2) is 11.6. The topological polar surface area (TPSA) is 106 Å². The third-order valence-corrected chi connectivity index (χ3v) is 7.75. The van der Waals surface area contributed by atoms with Gasteiger partial charge in [0.1, 0.15) is 11.6 Å². The highest BCUT2D eigenvalue weighted by Gasteiger charge is 2.52. The number of alkyl carbamates (subject to hydrolysis) is 1. The van der Waals surface area contributed by atoms with Gasteiger partial charge in [0.25, 0.3) is 0 Å². The first-order valence-electron chi connectivity index (χ1n) is 14.2. The van der Waals surface area contributed by atoms with Gasteiger partial charge in [-0.15, -0.1) is 0 Å². The van der Waals surface area contributed by atoms with Crippen LogP contribution in [-0.4, -0.2) is 82.0 Å². The molecule has 11 heteroatoms. The Morgan fingerprint density at radius 1 is 1.05 bits per heavy atom. The maximum atomic E-state index is 13.4. The van der Waals surface area contributed by atoms with Crippen LogP contribution in [0.2, 0.25) is 0 Å². The van der Waals surface area contributed by atoms with Crippen LogP contribution in [0.25, 0.3) is 0 Å². The van der Waals surface area contributed by atoms with Gasteiger partial charge >= 0.3 is 13.2 Å². The Labute approximate surface area is 234 Å². The Morgan fingerprint density at radius 2 is 1.56 bits per heavy atom. The number of nitrogens with one attached hydrogen (secondary N) is 1. The second-order valence-electron chi connectivity index (χ2n) is 13.3. The van der Waals surface area contributed by atoms with Crippen molar-refractivity contribution in [2.24, 2.45) is 5.92 Å². The van der Waals surface area contributed by atoms with Gasteiger partial charge in [-0.25, -0.2) is 14.8 Å². The number of hydrogen-bond donors (Lipinski definition) is 1. The Balaban J connectivity index is 1.64. The van der Waals surface area contributed by atoms with E-state index < -0.39 is 36.1 Å². The fraction of sp³-hybridized carbons (Fsp3) is 0.786. The summed E-state index contributed by atoms with van der Waals surface area (Å²) >= 11 is 0. The summed E-state index contributed by atoms with van der Waals surface area (Å²) in [6.07, 6.45) is 4.56. The number of piperidine rings is 1. The summed E-state index contributed by atoms with van der Waals surface area (Å²) in [6, 6.07) is -0.270. The zero-order valence-electron chi connectivity index (χ0n) is 25.7. The number of rotatable bonds is 7. The Bertz CT molecular complexity index is 985. The molecule has 2 saturated heterocycles. The van der Waals surface area contributed by atoms with Gasteiger partial charge in [0.2, 0.25) is 11.9 Å². The lowest BCUT2D eigenvalue weighted by Gasteiger charge is -2.41. The number of anilines is 1. The molecule has 39 heavy (non-hydrogen) atoms. The van der Waals surface area contributed by atoms with Gasteiger partial charge < -0.3 is 29.2 Å². The number of amides is 2. The molecular weight excluding hydrogens is 497 g/mol. The number of ether oxygens (including phenoxy) is 1. The molecule has 3 rings (SSSR count). The summed E-state index contributed by atoms with van der Waals surface area (Å²) in [6.45, 7) is 22.8. The summed E-state index contributed by atoms with van der Waals surface area (Å²) in [7, 11) is -0.506. The van der Waals surface area contributed by atoms with Crippen molar-refractivity contribution in [2.45, 2.75) is 124 Å². The van der Waals surface area contributed by atoms with Gasteiger partial charge in [-0.1, -0.05) is 13.8 Å². The van der Waals surface area contributed by atoms with Crippen LogP contribution in [0, 0.1) is 5.92 Å². The van der Waals surface area contributed by atoms with Crippen molar-refractivity contribution in [2.75, 3.05) is 18.0 Å². The molecule has 0 aromatic carbocycles. The number of nitrogens with zero attached hydrogens (tertiary/aromatic N) is 4. The number of carbonyl (C=O) groups is 2. The molecule has 2 aliphatic rings. The highest BCUT2D eigenvalue weighted by Crippen LogP contribution is 2.36. The first-order valence-corrected chi connectivity index (χ1v) is 14.2. The van der Waals surface area contributed by atoms with E-state index in [1.807, 2.05) is 46.4 Å². The van der Waals surface area contributed by atoms with E-state index in [9.17, 15) is 9.59 Å². The van der Waals surface area contributed by atoms with Crippen LogP contribution in [0.1, 0.15) is 89.0 Å². The SMILES string of the molecule is CC(C)C(NC(=O)OC(C)(C)C)C(=O)N1CCC(N(c2ncc(B3OC(C)(C)C(C)(C)O3)cn2)C(C)C)CC1. The second-order valence-corrected chi connectivity index (χ2v) is 13.3. The summed E-state index contributed by atoms with van der Waals surface area (Å²) in [5.74, 6) is 0.515. The minimum absolute atomic E-state index is 0.0641. The normalized spacial score (nSPS) is 20.3. The molecule has 0 bridgehead atoms. The molecule has 0 spiro atoms. The van der Waals surface area contributed by atoms with E-state index in [1.54, 1.807) is 33.2 Å². The van der Waals surface area contributed by atoms with Crippen molar-refractivity contribution >= 4 is 30.5 Å². The maximum absolute atomic E-state index is 13.4. The van der Waals surface area contributed by atoms with Crippen LogP contribution in [0.5, 0.6) is 0 Å². The van der Waals surface area contributed by atoms with E-state index in [1.165, 1.54) is 0 Å². The molecule has 1 N–H and O–H groups in total. The molecule has 0 aliphatic carbocycles. The summed E-state index contributed by atoms with van der Waals surface area (Å²) in [4.78, 5) is 39.2. The third kappa shape index (κ3) is 7.42. The molecule has 2 aliphatic heterocycles. The first kappa shape index (κ1) is 31.1. The van der Waals surface area contributed by atoms with Gasteiger partial charge in [0.05, 0.1) is 11.2 Å². The molecule has 0 radical (unpaired) electrons. The molecule has 218 valence electrons. The number of likely N-dealkylation sites (tertiary alicyclic amines) is 1. The van der Waals surface area contributed by atoms with Crippen molar-refractivity contribution < 1.29 is 23.6 Å². The predicted octanol–water partition coefficient (Wildman–Crippen LogP) is 3.53. The standard InChI is InChI=1S/C28H48BN5O5/c1-18(2)22(32-25(36)37-26(5,6)7)23(35)33-14-12-21(13-15-33)34(19(3)4)24-30-16-20(17-31-24)29-38-27(8,9)28(10,11)39-29/h16-19,21-22H,12-15H2,1-11H3,(H,32,36). The van der Waals surface area contributed by atoms with Gasteiger partial charge in [-0.3, -0.25) is 4.79 Å². The summed E-state index contributed by atoms with van der Waals surface area (Å²) in [5.41, 5.74) is -0.692. The Kier molecular flexibility index (Phi) is 9.27. The van der Waals surface area contributed by atoms with E-state index in [0.717, 1.165) is 18.3 Å². The van der Waals surface area contributed by atoms with Crippen LogP contribution >= 0.6 is 0 Å². The van der Waals surface area contributed by atoms with Gasteiger partial charge in [0.15, 0.2) is 0 Å². The summed E-state index contributed by atoms with van der Waals surface area (Å²) < 4.78 is 17.7. The molecule has 2 amide bonds. The highest BCUT2D eigenvalue weighted by atomic mass is 16.7. The first-order chi connectivity index (χ1) is 17.9. The molecule has 2 fully saturated rings.